The van der Waals surface area contributed by atoms with Gasteiger partial charge in [-0.15, -0.1) is 0 Å². The minimum atomic E-state index is -0.724. The number of carbonyl (C=O) groups is 2. The van der Waals surface area contributed by atoms with E-state index in [1.54, 1.807) is 4.90 Å². The van der Waals surface area contributed by atoms with Crippen molar-refractivity contribution < 1.29 is 14.7 Å². The lowest BCUT2D eigenvalue weighted by Crippen LogP contribution is -2.50. The molecule has 1 aliphatic rings. The molecule has 1 aromatic carbocycles. The summed E-state index contributed by atoms with van der Waals surface area (Å²) in [5.74, 6) is -0.921. The van der Waals surface area contributed by atoms with Crippen LogP contribution in [0, 0.1) is 5.92 Å². The van der Waals surface area contributed by atoms with Crippen LogP contribution in [0.15, 0.2) is 30.3 Å². The predicted octanol–water partition coefficient (Wildman–Crippen LogP) is 2.22. The molecule has 0 spiro atoms. The van der Waals surface area contributed by atoms with E-state index in [1.165, 1.54) is 0 Å². The van der Waals surface area contributed by atoms with Crippen molar-refractivity contribution in [3.05, 3.63) is 30.3 Å². The first-order valence-corrected chi connectivity index (χ1v) is 7.87. The Morgan fingerprint density at radius 1 is 1.27 bits per heavy atom. The molecule has 5 heteroatoms. The number of anilines is 1. The third-order valence-electron chi connectivity index (χ3n) is 4.43. The van der Waals surface area contributed by atoms with Gasteiger partial charge >= 0.3 is 5.97 Å². The van der Waals surface area contributed by atoms with Crippen molar-refractivity contribution in [2.45, 2.75) is 32.7 Å². The van der Waals surface area contributed by atoms with Crippen LogP contribution in [0.5, 0.6) is 0 Å². The van der Waals surface area contributed by atoms with E-state index < -0.39 is 5.97 Å². The number of para-hydroxylation sites is 1. The molecule has 1 unspecified atom stereocenters. The van der Waals surface area contributed by atoms with Gasteiger partial charge in [-0.2, -0.15) is 0 Å². The molecule has 0 aliphatic carbocycles. The maximum Gasteiger partial charge on any atom is 0.306 e. The Bertz CT molecular complexity index is 510. The Hall–Kier alpha value is -1.88. The number of likely N-dealkylation sites (N-methyl/N-ethyl adjacent to an activating group) is 1. The second-order valence-corrected chi connectivity index (χ2v) is 5.74. The number of benzene rings is 1. The fraction of sp³-hybridized carbons (Fsp3) is 0.529. The molecule has 1 aliphatic heterocycles. The summed E-state index contributed by atoms with van der Waals surface area (Å²) in [5, 5.41) is 9.05. The molecule has 2 rings (SSSR count). The Morgan fingerprint density at radius 2 is 1.86 bits per heavy atom. The Balaban J connectivity index is 2.01. The second kappa shape index (κ2) is 7.40. The molecule has 0 bridgehead atoms. The van der Waals surface area contributed by atoms with Crippen molar-refractivity contribution in [1.82, 2.24) is 4.90 Å². The van der Waals surface area contributed by atoms with Crippen LogP contribution >= 0.6 is 0 Å². The van der Waals surface area contributed by atoms with Crippen molar-refractivity contribution in [1.29, 1.82) is 0 Å². The highest BCUT2D eigenvalue weighted by molar-refractivity contribution is 5.96. The van der Waals surface area contributed by atoms with Gasteiger partial charge in [0.25, 0.3) is 0 Å². The largest absolute Gasteiger partial charge is 0.481 e. The van der Waals surface area contributed by atoms with Gasteiger partial charge in [0.15, 0.2) is 0 Å². The highest BCUT2D eigenvalue weighted by atomic mass is 16.4. The molecule has 1 N–H and O–H groups in total. The minimum absolute atomic E-state index is 0.0717. The molecule has 1 heterocycles. The standard InChI is InChI=1S/C17H24N2O3/c1-3-19(15-7-5-4-6-8-15)16(20)13(2)18-11-9-14(10-12-18)17(21)22/h4-8,13-14H,3,9-12H2,1-2H3,(H,21,22). The lowest BCUT2D eigenvalue weighted by Gasteiger charge is -2.36. The molecule has 0 saturated carbocycles. The summed E-state index contributed by atoms with van der Waals surface area (Å²) in [6.45, 7) is 5.83. The predicted molar refractivity (Wildman–Crippen MR) is 85.9 cm³/mol. The molecule has 1 aromatic rings. The zero-order valence-corrected chi connectivity index (χ0v) is 13.2. The molecule has 0 radical (unpaired) electrons. The van der Waals surface area contributed by atoms with Gasteiger partial charge in [0.05, 0.1) is 12.0 Å². The molecule has 5 nitrogen and oxygen atoms in total. The lowest BCUT2D eigenvalue weighted by atomic mass is 9.96. The third kappa shape index (κ3) is 3.65. The van der Waals surface area contributed by atoms with E-state index in [0.717, 1.165) is 5.69 Å². The molecule has 0 aromatic heterocycles. The molecule has 1 amide bonds. The van der Waals surface area contributed by atoms with Gasteiger partial charge in [-0.3, -0.25) is 14.5 Å². The highest BCUT2D eigenvalue weighted by Crippen LogP contribution is 2.21. The van der Waals surface area contributed by atoms with Crippen LogP contribution < -0.4 is 4.90 Å². The normalized spacial score (nSPS) is 17.9. The van der Waals surface area contributed by atoms with E-state index in [0.29, 0.717) is 32.5 Å². The smallest absolute Gasteiger partial charge is 0.306 e. The van der Waals surface area contributed by atoms with Crippen molar-refractivity contribution in [2.24, 2.45) is 5.92 Å². The van der Waals surface area contributed by atoms with Crippen LogP contribution in [0.4, 0.5) is 5.69 Å². The quantitative estimate of drug-likeness (QED) is 0.906. The van der Waals surface area contributed by atoms with Crippen LogP contribution in [-0.2, 0) is 9.59 Å². The van der Waals surface area contributed by atoms with Crippen molar-refractivity contribution in [3.8, 4) is 0 Å². The van der Waals surface area contributed by atoms with Gasteiger partial charge in [-0.25, -0.2) is 0 Å². The van der Waals surface area contributed by atoms with Crippen molar-refractivity contribution in [2.75, 3.05) is 24.5 Å². The number of carbonyl (C=O) groups excluding carboxylic acids is 1. The Kier molecular flexibility index (Phi) is 5.55. The van der Waals surface area contributed by atoms with Gasteiger partial charge in [-0.1, -0.05) is 18.2 Å². The van der Waals surface area contributed by atoms with Crippen LogP contribution in [-0.4, -0.2) is 47.6 Å². The van der Waals surface area contributed by atoms with Gasteiger partial charge < -0.3 is 10.0 Å². The first kappa shape index (κ1) is 16.5. The zero-order chi connectivity index (χ0) is 16.1. The topological polar surface area (TPSA) is 60.9 Å². The number of likely N-dealkylation sites (tertiary alicyclic amines) is 1. The van der Waals surface area contributed by atoms with E-state index in [4.69, 9.17) is 5.11 Å². The van der Waals surface area contributed by atoms with Crippen molar-refractivity contribution >= 4 is 17.6 Å². The van der Waals surface area contributed by atoms with E-state index in [2.05, 4.69) is 4.90 Å². The summed E-state index contributed by atoms with van der Waals surface area (Å²) in [7, 11) is 0. The number of aliphatic carboxylic acids is 1. The first-order chi connectivity index (χ1) is 10.5. The van der Waals surface area contributed by atoms with Crippen LogP contribution in [0.25, 0.3) is 0 Å². The summed E-state index contributed by atoms with van der Waals surface area (Å²) in [5.41, 5.74) is 0.905. The van der Waals surface area contributed by atoms with E-state index in [1.807, 2.05) is 44.2 Å². The highest BCUT2D eigenvalue weighted by Gasteiger charge is 2.31. The number of rotatable bonds is 5. The summed E-state index contributed by atoms with van der Waals surface area (Å²) >= 11 is 0. The monoisotopic (exact) mass is 304 g/mol. The van der Waals surface area contributed by atoms with Crippen LogP contribution in [0.2, 0.25) is 0 Å². The number of hydrogen-bond donors (Lipinski definition) is 1. The summed E-state index contributed by atoms with van der Waals surface area (Å²) in [4.78, 5) is 27.6. The van der Waals surface area contributed by atoms with E-state index in [-0.39, 0.29) is 17.9 Å². The fourth-order valence-corrected chi connectivity index (χ4v) is 2.99. The first-order valence-electron chi connectivity index (χ1n) is 7.87. The zero-order valence-electron chi connectivity index (χ0n) is 13.2. The van der Waals surface area contributed by atoms with Gasteiger partial charge in [-0.05, 0) is 51.9 Å². The maximum absolute atomic E-state index is 12.8. The average molecular weight is 304 g/mol. The molecule has 120 valence electrons. The minimum Gasteiger partial charge on any atom is -0.481 e. The van der Waals surface area contributed by atoms with Crippen molar-refractivity contribution in [3.63, 3.8) is 0 Å². The summed E-state index contributed by atoms with van der Waals surface area (Å²) in [6, 6.07) is 9.43. The Morgan fingerprint density at radius 3 is 2.36 bits per heavy atom. The molecular formula is C17H24N2O3. The molecule has 22 heavy (non-hydrogen) atoms. The summed E-state index contributed by atoms with van der Waals surface area (Å²) < 4.78 is 0. The number of amides is 1. The van der Waals surface area contributed by atoms with Gasteiger partial charge in [0.2, 0.25) is 5.91 Å². The fourth-order valence-electron chi connectivity index (χ4n) is 2.99. The van der Waals surface area contributed by atoms with Crippen LogP contribution in [0.1, 0.15) is 26.7 Å². The molecule has 1 saturated heterocycles. The maximum atomic E-state index is 12.8. The van der Waals surface area contributed by atoms with Gasteiger partial charge in [0, 0.05) is 12.2 Å². The number of carboxylic acid groups (broad SMARTS) is 1. The number of carboxylic acids is 1. The summed E-state index contributed by atoms with van der Waals surface area (Å²) in [6.07, 6.45) is 1.23. The van der Waals surface area contributed by atoms with Gasteiger partial charge in [0.1, 0.15) is 0 Å². The average Bonchev–Trinajstić information content (AvgIpc) is 2.56. The number of nitrogens with zero attached hydrogens (tertiary/aromatic N) is 2. The molecule has 1 fully saturated rings. The third-order valence-corrected chi connectivity index (χ3v) is 4.43. The molecular weight excluding hydrogens is 280 g/mol. The SMILES string of the molecule is CCN(C(=O)C(C)N1CCC(C(=O)O)CC1)c1ccccc1. The molecule has 1 atom stereocenters. The Labute approximate surface area is 131 Å². The van der Waals surface area contributed by atoms with E-state index >= 15 is 0 Å². The van der Waals surface area contributed by atoms with Crippen LogP contribution in [0.3, 0.4) is 0 Å². The van der Waals surface area contributed by atoms with E-state index in [9.17, 15) is 9.59 Å². The number of piperidine rings is 1. The number of hydrogen-bond acceptors (Lipinski definition) is 3. The lowest BCUT2D eigenvalue weighted by molar-refractivity contribution is -0.143. The second-order valence-electron chi connectivity index (χ2n) is 5.74.